The summed E-state index contributed by atoms with van der Waals surface area (Å²) in [5.74, 6) is 0. The van der Waals surface area contributed by atoms with Crippen LogP contribution in [0, 0.1) is 6.92 Å². The topological polar surface area (TPSA) is 44.2 Å². The molecule has 6 aromatic rings. The highest BCUT2D eigenvalue weighted by molar-refractivity contribution is 7.07. The molecule has 0 radical (unpaired) electrons. The quantitative estimate of drug-likeness (QED) is 0.245. The lowest BCUT2D eigenvalue weighted by Gasteiger charge is -2.10. The Bertz CT molecular complexity index is 1880. The third-order valence-electron chi connectivity index (χ3n) is 6.57. The number of hydrogen-bond donors (Lipinski definition) is 0. The smallest absolute Gasteiger partial charge is 0.285 e. The van der Waals surface area contributed by atoms with E-state index >= 15 is 0 Å². The zero-order valence-electron chi connectivity index (χ0n) is 20.3. The number of hydrogen-bond acceptors (Lipinski definition) is 3. The van der Waals surface area contributed by atoms with Gasteiger partial charge in [0.15, 0.2) is 10.5 Å². The van der Waals surface area contributed by atoms with Crippen LogP contribution in [0.2, 0.25) is 5.02 Å². The Labute approximate surface area is 222 Å². The van der Waals surface area contributed by atoms with Crippen LogP contribution in [0.5, 0.6) is 0 Å². The molecule has 0 atom stereocenters. The van der Waals surface area contributed by atoms with Gasteiger partial charge in [-0.05, 0) is 60.2 Å². The van der Waals surface area contributed by atoms with Gasteiger partial charge in [-0.1, -0.05) is 66.2 Å². The second-order valence-electron chi connectivity index (χ2n) is 8.80. The summed E-state index contributed by atoms with van der Waals surface area (Å²) in [6.07, 6.45) is 0. The largest absolute Gasteiger partial charge is 0.297 e. The maximum atomic E-state index is 13.6. The molecule has 0 bridgehead atoms. The van der Waals surface area contributed by atoms with E-state index in [1.165, 1.54) is 16.7 Å². The average molecular weight is 523 g/mol. The number of benzene rings is 4. The van der Waals surface area contributed by atoms with E-state index in [0.717, 1.165) is 33.7 Å². The number of thiazole rings is 1. The summed E-state index contributed by atoms with van der Waals surface area (Å²) in [5.41, 5.74) is 4.83. The van der Waals surface area contributed by atoms with E-state index < -0.39 is 0 Å². The molecule has 5 nitrogen and oxygen atoms in total. The lowest BCUT2D eigenvalue weighted by molar-refractivity contribution is 0.630. The molecule has 0 aliphatic rings. The summed E-state index contributed by atoms with van der Waals surface area (Å²) in [7, 11) is 1.88. The summed E-state index contributed by atoms with van der Waals surface area (Å²) in [6.45, 7) is 1.92. The number of aromatic nitrogens is 3. The van der Waals surface area contributed by atoms with E-state index in [2.05, 4.69) is 40.3 Å². The predicted molar refractivity (Wildman–Crippen MR) is 153 cm³/mol. The standard InChI is InChI=1S/C30H23ClN4OS/c1-20-28(29(36)35(33(20)2)26-10-4-3-5-11-26)32-30-34(25-16-14-24(31)15-17-25)27(19-37-30)23-13-12-21-8-6-7-9-22(21)18-23/h3-19H,1-2H3. The van der Waals surface area contributed by atoms with Gasteiger partial charge in [0, 0.05) is 28.7 Å². The molecule has 0 unspecified atom stereocenters. The molecule has 0 amide bonds. The third-order valence-corrected chi connectivity index (χ3v) is 7.65. The van der Waals surface area contributed by atoms with Crippen LogP contribution in [0.3, 0.4) is 0 Å². The van der Waals surface area contributed by atoms with Crippen LogP contribution in [0.1, 0.15) is 5.69 Å². The predicted octanol–water partition coefficient (Wildman–Crippen LogP) is 7.04. The van der Waals surface area contributed by atoms with Gasteiger partial charge in [-0.15, -0.1) is 11.3 Å². The maximum absolute atomic E-state index is 13.6. The second kappa shape index (κ2) is 9.39. The summed E-state index contributed by atoms with van der Waals surface area (Å²) in [5, 5.41) is 5.10. The number of para-hydroxylation sites is 1. The van der Waals surface area contributed by atoms with Gasteiger partial charge >= 0.3 is 0 Å². The van der Waals surface area contributed by atoms with Crippen molar-refractivity contribution in [1.82, 2.24) is 13.9 Å². The molecule has 0 spiro atoms. The van der Waals surface area contributed by atoms with Crippen LogP contribution in [0.25, 0.3) is 33.4 Å². The lowest BCUT2D eigenvalue weighted by Crippen LogP contribution is -2.20. The first-order valence-electron chi connectivity index (χ1n) is 11.9. The number of nitrogens with zero attached hydrogens (tertiary/aromatic N) is 4. The monoisotopic (exact) mass is 522 g/mol. The van der Waals surface area contributed by atoms with Gasteiger partial charge in [0.2, 0.25) is 0 Å². The maximum Gasteiger partial charge on any atom is 0.297 e. The first-order chi connectivity index (χ1) is 18.0. The SMILES string of the molecule is Cc1c(N=c2scc(-c3ccc4ccccc4c3)n2-c2ccc(Cl)cc2)c(=O)n(-c2ccccc2)n1C. The molecule has 0 fully saturated rings. The normalized spacial score (nSPS) is 11.9. The van der Waals surface area contributed by atoms with Gasteiger partial charge in [0.05, 0.1) is 17.1 Å². The molecule has 2 aromatic heterocycles. The van der Waals surface area contributed by atoms with Gasteiger partial charge in [-0.3, -0.25) is 14.0 Å². The Morgan fingerprint density at radius 2 is 1.51 bits per heavy atom. The Morgan fingerprint density at radius 3 is 2.27 bits per heavy atom. The molecule has 6 rings (SSSR count). The highest BCUT2D eigenvalue weighted by Gasteiger charge is 2.17. The van der Waals surface area contributed by atoms with Crippen molar-refractivity contribution in [2.45, 2.75) is 6.92 Å². The zero-order chi connectivity index (χ0) is 25.5. The molecule has 0 saturated carbocycles. The van der Waals surface area contributed by atoms with E-state index in [9.17, 15) is 4.79 Å². The zero-order valence-corrected chi connectivity index (χ0v) is 21.9. The number of fused-ring (bicyclic) bond motifs is 1. The van der Waals surface area contributed by atoms with Gasteiger partial charge in [-0.25, -0.2) is 9.67 Å². The van der Waals surface area contributed by atoms with Crippen LogP contribution in [0.15, 0.2) is 112 Å². The van der Waals surface area contributed by atoms with E-state index in [1.54, 1.807) is 4.68 Å². The molecule has 0 saturated heterocycles. The Morgan fingerprint density at radius 1 is 0.811 bits per heavy atom. The molecule has 0 N–H and O–H groups in total. The Balaban J connectivity index is 1.59. The molecule has 0 aliphatic heterocycles. The van der Waals surface area contributed by atoms with E-state index in [4.69, 9.17) is 16.6 Å². The van der Waals surface area contributed by atoms with Gasteiger partial charge in [0.25, 0.3) is 5.56 Å². The molecule has 7 heteroatoms. The fourth-order valence-electron chi connectivity index (χ4n) is 4.56. The van der Waals surface area contributed by atoms with Crippen molar-refractivity contribution < 1.29 is 0 Å². The van der Waals surface area contributed by atoms with Crippen molar-refractivity contribution in [1.29, 1.82) is 0 Å². The van der Waals surface area contributed by atoms with Crippen molar-refractivity contribution >= 4 is 39.4 Å². The fourth-order valence-corrected chi connectivity index (χ4v) is 5.60. The minimum atomic E-state index is -0.158. The van der Waals surface area contributed by atoms with Crippen molar-refractivity contribution in [3.63, 3.8) is 0 Å². The average Bonchev–Trinajstić information content (AvgIpc) is 3.44. The van der Waals surface area contributed by atoms with Gasteiger partial charge in [0.1, 0.15) is 0 Å². The lowest BCUT2D eigenvalue weighted by atomic mass is 10.1. The summed E-state index contributed by atoms with van der Waals surface area (Å²) in [4.78, 5) is 19.2. The van der Waals surface area contributed by atoms with E-state index in [0.29, 0.717) is 15.5 Å². The number of halogens is 1. The van der Waals surface area contributed by atoms with Crippen LogP contribution in [0.4, 0.5) is 5.69 Å². The van der Waals surface area contributed by atoms with Crippen LogP contribution in [-0.4, -0.2) is 13.9 Å². The first kappa shape index (κ1) is 23.3. The van der Waals surface area contributed by atoms with Crippen molar-refractivity contribution in [3.8, 4) is 22.6 Å². The fraction of sp³-hybridized carbons (Fsp3) is 0.0667. The first-order valence-corrected chi connectivity index (χ1v) is 13.1. The van der Waals surface area contributed by atoms with Gasteiger partial charge < -0.3 is 0 Å². The highest BCUT2D eigenvalue weighted by Crippen LogP contribution is 2.28. The van der Waals surface area contributed by atoms with Crippen LogP contribution < -0.4 is 10.4 Å². The third kappa shape index (κ3) is 4.14. The summed E-state index contributed by atoms with van der Waals surface area (Å²) < 4.78 is 5.59. The van der Waals surface area contributed by atoms with Crippen molar-refractivity contribution in [2.75, 3.05) is 0 Å². The molecule has 4 aromatic carbocycles. The minimum Gasteiger partial charge on any atom is -0.285 e. The molecule has 0 aliphatic carbocycles. The van der Waals surface area contributed by atoms with E-state index in [1.807, 2.05) is 85.4 Å². The summed E-state index contributed by atoms with van der Waals surface area (Å²) in [6, 6.07) is 32.0. The van der Waals surface area contributed by atoms with Crippen LogP contribution >= 0.6 is 22.9 Å². The van der Waals surface area contributed by atoms with Crippen molar-refractivity contribution in [3.05, 3.63) is 128 Å². The Hall–Kier alpha value is -4.13. The molecule has 2 heterocycles. The van der Waals surface area contributed by atoms with Crippen molar-refractivity contribution in [2.24, 2.45) is 12.0 Å². The molecular formula is C30H23ClN4OS. The molecular weight excluding hydrogens is 500 g/mol. The Kier molecular flexibility index (Phi) is 5.91. The molecule has 37 heavy (non-hydrogen) atoms. The van der Waals surface area contributed by atoms with E-state index in [-0.39, 0.29) is 5.56 Å². The number of rotatable bonds is 4. The molecule has 182 valence electrons. The minimum absolute atomic E-state index is 0.158. The highest BCUT2D eigenvalue weighted by atomic mass is 35.5. The summed E-state index contributed by atoms with van der Waals surface area (Å²) >= 11 is 7.71. The second-order valence-corrected chi connectivity index (χ2v) is 10.1. The van der Waals surface area contributed by atoms with Crippen LogP contribution in [-0.2, 0) is 7.05 Å². The van der Waals surface area contributed by atoms with Gasteiger partial charge in [-0.2, -0.15) is 0 Å².